The monoisotopic (exact) mass is 220 g/mol. The third-order valence-electron chi connectivity index (χ3n) is 2.02. The van der Waals surface area contributed by atoms with Crippen molar-refractivity contribution in [2.45, 2.75) is 20.0 Å². The van der Waals surface area contributed by atoms with E-state index in [2.05, 4.69) is 6.58 Å². The number of esters is 1. The number of carbonyl (C=O) groups is 1. The molecule has 1 rings (SSSR count). The van der Waals surface area contributed by atoms with E-state index in [9.17, 15) is 4.79 Å². The zero-order valence-electron chi connectivity index (χ0n) is 9.82. The van der Waals surface area contributed by atoms with E-state index in [0.29, 0.717) is 11.3 Å². The van der Waals surface area contributed by atoms with Gasteiger partial charge < -0.3 is 9.47 Å². The number of hydrogen-bond donors (Lipinski definition) is 0. The van der Waals surface area contributed by atoms with Gasteiger partial charge in [-0.1, -0.05) is 24.8 Å². The van der Waals surface area contributed by atoms with Crippen LogP contribution in [0.25, 0.3) is 6.08 Å². The van der Waals surface area contributed by atoms with Crippen molar-refractivity contribution >= 4 is 12.0 Å². The number of para-hydroxylation sites is 1. The summed E-state index contributed by atoms with van der Waals surface area (Å²) >= 11 is 0. The summed E-state index contributed by atoms with van der Waals surface area (Å²) in [6.07, 6.45) is 1.65. The highest BCUT2D eigenvalue weighted by Crippen LogP contribution is 2.26. The van der Waals surface area contributed by atoms with Crippen LogP contribution in [0, 0.1) is 0 Å². The summed E-state index contributed by atoms with van der Waals surface area (Å²) in [4.78, 5) is 11.5. The Labute approximate surface area is 95.7 Å². The van der Waals surface area contributed by atoms with Gasteiger partial charge in [0.25, 0.3) is 0 Å². The molecule has 0 unspecified atom stereocenters. The van der Waals surface area contributed by atoms with Gasteiger partial charge in [0.05, 0.1) is 13.2 Å². The van der Waals surface area contributed by atoms with Gasteiger partial charge in [-0.05, 0) is 19.9 Å². The average molecular weight is 220 g/mol. The summed E-state index contributed by atoms with van der Waals surface area (Å²) in [7, 11) is 1.35. The van der Waals surface area contributed by atoms with Crippen molar-refractivity contribution in [3.05, 3.63) is 35.9 Å². The van der Waals surface area contributed by atoms with Crippen molar-refractivity contribution in [1.82, 2.24) is 0 Å². The van der Waals surface area contributed by atoms with Gasteiger partial charge in [0.15, 0.2) is 0 Å². The molecule has 0 heterocycles. The Morgan fingerprint density at radius 2 is 2.12 bits per heavy atom. The molecule has 0 atom stereocenters. The van der Waals surface area contributed by atoms with Crippen molar-refractivity contribution in [1.29, 1.82) is 0 Å². The maximum Gasteiger partial charge on any atom is 0.341 e. The van der Waals surface area contributed by atoms with E-state index in [1.54, 1.807) is 18.2 Å². The summed E-state index contributed by atoms with van der Waals surface area (Å²) in [5.74, 6) is 0.124. The maximum atomic E-state index is 11.5. The largest absolute Gasteiger partial charge is 0.489 e. The van der Waals surface area contributed by atoms with Crippen LogP contribution in [0.2, 0.25) is 0 Å². The van der Waals surface area contributed by atoms with Crippen LogP contribution in [-0.4, -0.2) is 19.2 Å². The number of hydrogen-bond acceptors (Lipinski definition) is 3. The van der Waals surface area contributed by atoms with Crippen LogP contribution in [0.15, 0.2) is 24.8 Å². The first kappa shape index (κ1) is 12.3. The Morgan fingerprint density at radius 3 is 2.62 bits per heavy atom. The van der Waals surface area contributed by atoms with Crippen LogP contribution in [0.1, 0.15) is 29.8 Å². The van der Waals surface area contributed by atoms with E-state index in [1.165, 1.54) is 7.11 Å². The molecule has 0 saturated carbocycles. The molecule has 0 saturated heterocycles. The van der Waals surface area contributed by atoms with E-state index in [-0.39, 0.29) is 6.10 Å². The van der Waals surface area contributed by atoms with Crippen molar-refractivity contribution in [3.63, 3.8) is 0 Å². The molecule has 1 aromatic carbocycles. The summed E-state index contributed by atoms with van der Waals surface area (Å²) < 4.78 is 10.3. The zero-order chi connectivity index (χ0) is 12.1. The Balaban J connectivity index is 3.25. The topological polar surface area (TPSA) is 35.5 Å². The van der Waals surface area contributed by atoms with Crippen molar-refractivity contribution in [2.75, 3.05) is 7.11 Å². The molecule has 86 valence electrons. The smallest absolute Gasteiger partial charge is 0.341 e. The molecule has 0 aromatic heterocycles. The Kier molecular flexibility index (Phi) is 4.11. The average Bonchev–Trinajstić information content (AvgIpc) is 2.27. The number of rotatable bonds is 4. The van der Waals surface area contributed by atoms with Gasteiger partial charge in [0.2, 0.25) is 0 Å². The summed E-state index contributed by atoms with van der Waals surface area (Å²) in [5.41, 5.74) is 1.21. The summed E-state index contributed by atoms with van der Waals surface area (Å²) in [6.45, 7) is 7.50. The second kappa shape index (κ2) is 5.35. The van der Waals surface area contributed by atoms with Gasteiger partial charge >= 0.3 is 5.97 Å². The molecular weight excluding hydrogens is 204 g/mol. The summed E-state index contributed by atoms with van der Waals surface area (Å²) in [6, 6.07) is 5.30. The van der Waals surface area contributed by atoms with E-state index in [0.717, 1.165) is 5.56 Å². The minimum absolute atomic E-state index is 0.00972. The fraction of sp³-hybridized carbons (Fsp3) is 0.308. The second-order valence-electron chi connectivity index (χ2n) is 3.59. The molecule has 0 aliphatic carbocycles. The van der Waals surface area contributed by atoms with E-state index < -0.39 is 5.97 Å². The summed E-state index contributed by atoms with van der Waals surface area (Å²) in [5, 5.41) is 0. The lowest BCUT2D eigenvalue weighted by Crippen LogP contribution is -2.12. The highest BCUT2D eigenvalue weighted by molar-refractivity contribution is 5.93. The number of methoxy groups -OCH3 is 1. The van der Waals surface area contributed by atoms with Crippen molar-refractivity contribution in [2.24, 2.45) is 0 Å². The van der Waals surface area contributed by atoms with Gasteiger partial charge in [0, 0.05) is 5.56 Å². The molecule has 0 spiro atoms. The van der Waals surface area contributed by atoms with Gasteiger partial charge in [-0.2, -0.15) is 0 Å². The Morgan fingerprint density at radius 1 is 1.44 bits per heavy atom. The van der Waals surface area contributed by atoms with E-state index in [1.807, 2.05) is 19.9 Å². The minimum Gasteiger partial charge on any atom is -0.489 e. The number of ether oxygens (including phenoxy) is 2. The van der Waals surface area contributed by atoms with Gasteiger partial charge in [-0.25, -0.2) is 4.79 Å². The molecule has 0 radical (unpaired) electrons. The van der Waals surface area contributed by atoms with E-state index >= 15 is 0 Å². The highest BCUT2D eigenvalue weighted by atomic mass is 16.5. The zero-order valence-corrected chi connectivity index (χ0v) is 9.82. The Hall–Kier alpha value is -1.77. The van der Waals surface area contributed by atoms with Gasteiger partial charge in [-0.3, -0.25) is 0 Å². The van der Waals surface area contributed by atoms with Crippen molar-refractivity contribution in [3.8, 4) is 5.75 Å². The minimum atomic E-state index is -0.403. The number of benzene rings is 1. The molecule has 0 fully saturated rings. The second-order valence-corrected chi connectivity index (χ2v) is 3.59. The first-order valence-electron chi connectivity index (χ1n) is 5.10. The standard InChI is InChI=1S/C13H16O3/c1-5-10-7-6-8-11(13(14)15-4)12(10)16-9(2)3/h5-9H,1H2,2-4H3. The molecule has 3 heteroatoms. The van der Waals surface area contributed by atoms with Crippen LogP contribution < -0.4 is 4.74 Å². The predicted octanol–water partition coefficient (Wildman–Crippen LogP) is 2.90. The van der Waals surface area contributed by atoms with Crippen LogP contribution in [-0.2, 0) is 4.74 Å². The molecular formula is C13H16O3. The van der Waals surface area contributed by atoms with E-state index in [4.69, 9.17) is 9.47 Å². The highest BCUT2D eigenvalue weighted by Gasteiger charge is 2.16. The molecule has 0 N–H and O–H groups in total. The lowest BCUT2D eigenvalue weighted by Gasteiger charge is -2.15. The van der Waals surface area contributed by atoms with Crippen LogP contribution >= 0.6 is 0 Å². The fourth-order valence-corrected chi connectivity index (χ4v) is 1.35. The molecule has 0 aliphatic heterocycles. The fourth-order valence-electron chi connectivity index (χ4n) is 1.35. The number of carbonyl (C=O) groups excluding carboxylic acids is 1. The lowest BCUT2D eigenvalue weighted by molar-refractivity contribution is 0.0594. The van der Waals surface area contributed by atoms with Crippen LogP contribution in [0.5, 0.6) is 5.75 Å². The lowest BCUT2D eigenvalue weighted by atomic mass is 10.1. The SMILES string of the molecule is C=Cc1cccc(C(=O)OC)c1OC(C)C. The molecule has 16 heavy (non-hydrogen) atoms. The van der Waals surface area contributed by atoms with Gasteiger partial charge in [-0.15, -0.1) is 0 Å². The van der Waals surface area contributed by atoms with Crippen LogP contribution in [0.4, 0.5) is 0 Å². The predicted molar refractivity (Wildman–Crippen MR) is 63.6 cm³/mol. The van der Waals surface area contributed by atoms with Crippen molar-refractivity contribution < 1.29 is 14.3 Å². The maximum absolute atomic E-state index is 11.5. The molecule has 0 amide bonds. The normalized spacial score (nSPS) is 10.0. The molecule has 3 nitrogen and oxygen atoms in total. The first-order valence-corrected chi connectivity index (χ1v) is 5.10. The van der Waals surface area contributed by atoms with Crippen LogP contribution in [0.3, 0.4) is 0 Å². The molecule has 1 aromatic rings. The first-order chi connectivity index (χ1) is 7.60. The Bertz CT molecular complexity index is 394. The quantitative estimate of drug-likeness (QED) is 0.732. The molecule has 0 aliphatic rings. The third-order valence-corrected chi connectivity index (χ3v) is 2.02. The molecule has 0 bridgehead atoms. The third kappa shape index (κ3) is 2.63. The van der Waals surface area contributed by atoms with Gasteiger partial charge in [0.1, 0.15) is 11.3 Å².